The van der Waals surface area contributed by atoms with Gasteiger partial charge in [0.2, 0.25) is 5.91 Å². The van der Waals surface area contributed by atoms with Crippen LogP contribution in [-0.2, 0) is 17.8 Å². The van der Waals surface area contributed by atoms with E-state index in [9.17, 15) is 4.79 Å². The van der Waals surface area contributed by atoms with Gasteiger partial charge in [-0.05, 0) is 61.2 Å². The highest BCUT2D eigenvalue weighted by Gasteiger charge is 2.21. The number of carbonyl (C=O) groups excluding carboxylic acids is 1. The second kappa shape index (κ2) is 13.1. The molecule has 0 spiro atoms. The van der Waals surface area contributed by atoms with Gasteiger partial charge in [0, 0.05) is 31.7 Å². The third kappa shape index (κ3) is 7.01. The van der Waals surface area contributed by atoms with Crippen LogP contribution in [0.15, 0.2) is 47.5 Å². The van der Waals surface area contributed by atoms with E-state index in [1.165, 1.54) is 0 Å². The molecule has 0 unspecified atom stereocenters. The predicted molar refractivity (Wildman–Crippen MR) is 140 cm³/mol. The maximum Gasteiger partial charge on any atom is 0.227 e. The van der Waals surface area contributed by atoms with Crippen molar-refractivity contribution < 1.29 is 14.3 Å². The molecule has 0 bridgehead atoms. The van der Waals surface area contributed by atoms with Crippen LogP contribution in [0.4, 0.5) is 5.69 Å². The number of benzene rings is 2. The van der Waals surface area contributed by atoms with E-state index in [1.807, 2.05) is 54.3 Å². The van der Waals surface area contributed by atoms with Crippen LogP contribution in [0.25, 0.3) is 0 Å². The highest BCUT2D eigenvalue weighted by molar-refractivity contribution is 14.0. The summed E-state index contributed by atoms with van der Waals surface area (Å²) in [6.45, 7) is 4.91. The summed E-state index contributed by atoms with van der Waals surface area (Å²) < 4.78 is 10.8. The number of rotatable bonds is 9. The summed E-state index contributed by atoms with van der Waals surface area (Å²) in [6.07, 6.45) is 2.36. The van der Waals surface area contributed by atoms with Gasteiger partial charge in [0.05, 0.1) is 20.8 Å². The topological polar surface area (TPSA) is 75.2 Å². The summed E-state index contributed by atoms with van der Waals surface area (Å²) in [5.74, 6) is 2.64. The Labute approximate surface area is 207 Å². The minimum Gasteiger partial charge on any atom is -0.497 e. The van der Waals surface area contributed by atoms with Gasteiger partial charge < -0.3 is 25.0 Å². The lowest BCUT2D eigenvalue weighted by Gasteiger charge is -2.16. The molecule has 174 valence electrons. The maximum atomic E-state index is 11.9. The van der Waals surface area contributed by atoms with Crippen LogP contribution in [0.1, 0.15) is 30.9 Å². The molecule has 0 aliphatic carbocycles. The molecule has 0 radical (unpaired) electrons. The molecular weight excluding hydrogens is 519 g/mol. The molecule has 1 heterocycles. The average Bonchev–Trinajstić information content (AvgIpc) is 3.23. The molecule has 1 amide bonds. The van der Waals surface area contributed by atoms with E-state index in [2.05, 4.69) is 10.6 Å². The Morgan fingerprint density at radius 1 is 1.09 bits per heavy atom. The number of aliphatic imine (C=N–C) groups is 1. The number of carbonyl (C=O) groups is 1. The lowest BCUT2D eigenvalue weighted by Crippen LogP contribution is -2.38. The van der Waals surface area contributed by atoms with Crippen molar-refractivity contribution in [3.63, 3.8) is 0 Å². The minimum absolute atomic E-state index is 0. The molecule has 0 saturated carbocycles. The number of amides is 1. The van der Waals surface area contributed by atoms with E-state index in [4.69, 9.17) is 14.5 Å². The molecule has 8 heteroatoms. The molecular formula is C24H33IN4O3. The van der Waals surface area contributed by atoms with Crippen molar-refractivity contribution in [1.29, 1.82) is 0 Å². The zero-order valence-corrected chi connectivity index (χ0v) is 21.3. The molecule has 2 N–H and O–H groups in total. The molecule has 1 aliphatic rings. The molecule has 3 rings (SSSR count). The van der Waals surface area contributed by atoms with Gasteiger partial charge in [-0.1, -0.05) is 12.1 Å². The first kappa shape index (κ1) is 25.8. The molecule has 1 aliphatic heterocycles. The first-order valence-corrected chi connectivity index (χ1v) is 10.8. The predicted octanol–water partition coefficient (Wildman–Crippen LogP) is 3.75. The van der Waals surface area contributed by atoms with Crippen LogP contribution in [-0.4, -0.2) is 45.7 Å². The Balaban J connectivity index is 0.00000363. The zero-order chi connectivity index (χ0) is 22.1. The summed E-state index contributed by atoms with van der Waals surface area (Å²) in [5.41, 5.74) is 3.15. The van der Waals surface area contributed by atoms with Crippen LogP contribution >= 0.6 is 24.0 Å². The fourth-order valence-electron chi connectivity index (χ4n) is 3.61. The molecule has 0 aromatic heterocycles. The van der Waals surface area contributed by atoms with E-state index in [0.717, 1.165) is 60.2 Å². The third-order valence-electron chi connectivity index (χ3n) is 5.26. The molecule has 0 atom stereocenters. The van der Waals surface area contributed by atoms with Gasteiger partial charge in [-0.15, -0.1) is 24.0 Å². The Bertz CT molecular complexity index is 903. The van der Waals surface area contributed by atoms with Crippen LogP contribution < -0.4 is 25.0 Å². The number of nitrogens with one attached hydrogen (secondary N) is 2. The number of methoxy groups -OCH3 is 2. The average molecular weight is 552 g/mol. The lowest BCUT2D eigenvalue weighted by molar-refractivity contribution is -0.117. The smallest absolute Gasteiger partial charge is 0.227 e. The second-order valence-electron chi connectivity index (χ2n) is 7.37. The number of halogens is 1. The lowest BCUT2D eigenvalue weighted by atomic mass is 10.1. The van der Waals surface area contributed by atoms with Crippen molar-refractivity contribution in [2.75, 3.05) is 38.8 Å². The first-order chi connectivity index (χ1) is 15.1. The van der Waals surface area contributed by atoms with Crippen LogP contribution in [0.2, 0.25) is 0 Å². The van der Waals surface area contributed by atoms with Gasteiger partial charge in [0.15, 0.2) is 5.96 Å². The van der Waals surface area contributed by atoms with Crippen molar-refractivity contribution in [2.45, 2.75) is 32.7 Å². The number of hydrogen-bond donors (Lipinski definition) is 2. The van der Waals surface area contributed by atoms with E-state index < -0.39 is 0 Å². The number of nitrogens with zero attached hydrogens (tertiary/aromatic N) is 2. The van der Waals surface area contributed by atoms with Crippen molar-refractivity contribution in [1.82, 2.24) is 10.6 Å². The van der Waals surface area contributed by atoms with E-state index in [-0.39, 0.29) is 29.9 Å². The van der Waals surface area contributed by atoms with Gasteiger partial charge >= 0.3 is 0 Å². The van der Waals surface area contributed by atoms with Gasteiger partial charge in [-0.25, -0.2) is 4.99 Å². The number of ether oxygens (including phenoxy) is 2. The molecule has 1 fully saturated rings. The summed E-state index contributed by atoms with van der Waals surface area (Å²) in [4.78, 5) is 18.4. The quantitative estimate of drug-likeness (QED) is 0.282. The molecule has 7 nitrogen and oxygen atoms in total. The molecule has 32 heavy (non-hydrogen) atoms. The number of hydrogen-bond acceptors (Lipinski definition) is 4. The highest BCUT2D eigenvalue weighted by Crippen LogP contribution is 2.24. The summed E-state index contributed by atoms with van der Waals surface area (Å²) >= 11 is 0. The molecule has 2 aromatic rings. The standard InChI is InChI=1S/C24H32N4O3.HI/c1-4-25-24(26-14-13-19-16-21(30-2)11-12-22(19)31-3)27-17-18-7-9-20(10-8-18)28-15-5-6-23(28)29;/h7-12,16H,4-6,13-15,17H2,1-3H3,(H2,25,26,27);1H. The Morgan fingerprint density at radius 3 is 2.50 bits per heavy atom. The number of guanidine groups is 1. The van der Waals surface area contributed by atoms with Gasteiger partial charge in [-0.2, -0.15) is 0 Å². The fourth-order valence-corrected chi connectivity index (χ4v) is 3.61. The first-order valence-electron chi connectivity index (χ1n) is 10.8. The fraction of sp³-hybridized carbons (Fsp3) is 0.417. The van der Waals surface area contributed by atoms with Crippen molar-refractivity contribution in [3.05, 3.63) is 53.6 Å². The largest absolute Gasteiger partial charge is 0.497 e. The SMILES string of the molecule is CCNC(=NCc1ccc(N2CCCC2=O)cc1)NCCc1cc(OC)ccc1OC.I. The second-order valence-corrected chi connectivity index (χ2v) is 7.37. The van der Waals surface area contributed by atoms with Gasteiger partial charge in [0.1, 0.15) is 11.5 Å². The number of anilines is 1. The molecule has 2 aromatic carbocycles. The van der Waals surface area contributed by atoms with Crippen molar-refractivity contribution in [3.8, 4) is 11.5 Å². The van der Waals surface area contributed by atoms with Gasteiger partial charge in [0.25, 0.3) is 0 Å². The van der Waals surface area contributed by atoms with E-state index in [1.54, 1.807) is 14.2 Å². The van der Waals surface area contributed by atoms with Crippen molar-refractivity contribution >= 4 is 41.5 Å². The normalized spacial score (nSPS) is 13.5. The molecule has 1 saturated heterocycles. The summed E-state index contributed by atoms with van der Waals surface area (Å²) in [5, 5.41) is 6.66. The highest BCUT2D eigenvalue weighted by atomic mass is 127. The van der Waals surface area contributed by atoms with Crippen molar-refractivity contribution in [2.24, 2.45) is 4.99 Å². The van der Waals surface area contributed by atoms with E-state index in [0.29, 0.717) is 19.5 Å². The minimum atomic E-state index is 0. The maximum absolute atomic E-state index is 11.9. The van der Waals surface area contributed by atoms with Crippen LogP contribution in [0.5, 0.6) is 11.5 Å². The van der Waals surface area contributed by atoms with Gasteiger partial charge in [-0.3, -0.25) is 4.79 Å². The van der Waals surface area contributed by atoms with Crippen LogP contribution in [0.3, 0.4) is 0 Å². The Morgan fingerprint density at radius 2 is 1.88 bits per heavy atom. The Kier molecular flexibility index (Phi) is 10.6. The zero-order valence-electron chi connectivity index (χ0n) is 19.0. The van der Waals surface area contributed by atoms with Crippen LogP contribution in [0, 0.1) is 0 Å². The third-order valence-corrected chi connectivity index (χ3v) is 5.26. The monoisotopic (exact) mass is 552 g/mol. The summed E-state index contributed by atoms with van der Waals surface area (Å²) in [6, 6.07) is 13.9. The Hall–Kier alpha value is -2.49. The summed E-state index contributed by atoms with van der Waals surface area (Å²) in [7, 11) is 3.34. The van der Waals surface area contributed by atoms with E-state index >= 15 is 0 Å².